The highest BCUT2D eigenvalue weighted by Crippen LogP contribution is 2.45. The molecule has 4 saturated heterocycles. The molecule has 12 N–H and O–H groups in total. The quantitative estimate of drug-likeness (QED) is 0.0253. The molecule has 12 aromatic heterocycles. The molecule has 38 nitrogen and oxygen atoms in total. The summed E-state index contributed by atoms with van der Waals surface area (Å²) in [7, 11) is 1.76. The molecule has 4 fully saturated rings. The van der Waals surface area contributed by atoms with Crippen molar-refractivity contribution in [1.82, 2.24) is 116 Å². The first-order valence-corrected chi connectivity index (χ1v) is 49.2. The number of nitrogens with one attached hydrogen (secondary N) is 8. The number of benzene rings is 4. The van der Waals surface area contributed by atoms with Gasteiger partial charge in [0.05, 0.1) is 90.0 Å². The Kier molecular flexibility index (Phi) is 30.4. The molecule has 2 atom stereocenters. The van der Waals surface area contributed by atoms with E-state index in [1.165, 1.54) is 63.8 Å². The number of thiazole rings is 4. The van der Waals surface area contributed by atoms with Crippen molar-refractivity contribution in [3.63, 3.8) is 0 Å². The van der Waals surface area contributed by atoms with Crippen molar-refractivity contribution in [3.05, 3.63) is 212 Å². The summed E-state index contributed by atoms with van der Waals surface area (Å²) in [6, 6.07) is 30.5. The fourth-order valence-electron chi connectivity index (χ4n) is 16.2. The minimum Gasteiger partial charge on any atom is -0.385 e. The van der Waals surface area contributed by atoms with Gasteiger partial charge < -0.3 is 55.9 Å². The number of methoxy groups -OCH3 is 1. The van der Waals surface area contributed by atoms with Crippen molar-refractivity contribution in [2.24, 2.45) is 5.41 Å². The lowest BCUT2D eigenvalue weighted by Crippen LogP contribution is -2.60. The van der Waals surface area contributed by atoms with E-state index in [1.807, 2.05) is 101 Å². The predicted molar refractivity (Wildman–Crippen MR) is 544 cm³/mol. The molecule has 0 aliphatic carbocycles. The number of amides is 8. The standard InChI is InChI=1S/C29H33N7O3S.C28H33N7O3S.C22H20N6O3S.C20H19N7O2S/c1-3-30-27(38)35-28-34-24-12-20(21-13-32-26(18(2)37)33-14-21)11-22(25(24)40-28)23-10-19(4-7-31-23)15-36-8-5-29(6-9-36)16-39-17-29;1-6-29-25(36)34-26-33-22-11-18(19-12-31-24(32-13-19)27(2,3)37)10-20(23(22)39-26)21-9-17(7-8-30-21)14-35-15-28(4,16-35)38-5;1-2-23-20(29)28-21-27-17-8-13(7-15(18(17)32-21)16-5-3-4-6-24-16)14-9-25-19(26-10-14)22(30)11-31-12-22;1-3-21-19(29)27-20-26-15-8-12(13-9-24-17(11(2)28)25-10-13)7-14(16(15)30-20)18-22-5-4-6-23-18/h4,7,10-14,18,37H,3,5-6,8-9,15-17H2,1-2H3,(H2,30,34,35,38);7-13,37H,6,14-16H2,1-5H3,(H2,29,33,34,36);3-10,30H,2,11-12H2,1H3,(H2,23,27,28,29);4-11,28H,3H2,1-2H3,(H2,21,26,27,29). The van der Waals surface area contributed by atoms with Crippen molar-refractivity contribution >= 4 is 131 Å². The molecule has 0 bridgehead atoms. The number of carbonyl (C=O) groups is 4. The molecule has 20 rings (SSSR count). The third-order valence-electron chi connectivity index (χ3n) is 23.7. The van der Waals surface area contributed by atoms with Gasteiger partial charge in [-0.3, -0.25) is 46.0 Å². The summed E-state index contributed by atoms with van der Waals surface area (Å²) in [6.45, 7) is 26.0. The molecule has 8 amide bonds. The number of hydrogen-bond donors (Lipinski definition) is 12. The van der Waals surface area contributed by atoms with Crippen LogP contribution in [0.1, 0.15) is 122 Å². The highest BCUT2D eigenvalue weighted by Gasteiger charge is 2.43. The molecule has 726 valence electrons. The Morgan fingerprint density at radius 3 is 1.16 bits per heavy atom. The Bertz CT molecular complexity index is 7140. The molecule has 42 heteroatoms. The number of hydrogen-bond acceptors (Lipinski definition) is 34. The van der Waals surface area contributed by atoms with Gasteiger partial charge in [0.1, 0.15) is 17.8 Å². The van der Waals surface area contributed by atoms with Crippen molar-refractivity contribution in [1.29, 1.82) is 0 Å². The van der Waals surface area contributed by atoms with Crippen molar-refractivity contribution < 1.29 is 53.8 Å². The summed E-state index contributed by atoms with van der Waals surface area (Å²) in [6.07, 6.45) is 23.2. The average molecular weight is 1980 g/mol. The van der Waals surface area contributed by atoms with E-state index in [9.17, 15) is 39.6 Å². The third-order valence-corrected chi connectivity index (χ3v) is 27.7. The summed E-state index contributed by atoms with van der Waals surface area (Å²) in [4.78, 5) is 129. The zero-order valence-electron chi connectivity index (χ0n) is 79.0. The van der Waals surface area contributed by atoms with Crippen molar-refractivity contribution in [2.45, 2.75) is 117 Å². The molecule has 4 aliphatic heterocycles. The highest BCUT2D eigenvalue weighted by molar-refractivity contribution is 7.24. The molecule has 1 spiro atoms. The number of rotatable bonds is 25. The maximum absolute atomic E-state index is 12.2. The minimum absolute atomic E-state index is 0.0880. The zero-order valence-corrected chi connectivity index (χ0v) is 82.3. The molecule has 4 aliphatic rings. The van der Waals surface area contributed by atoms with Gasteiger partial charge in [-0.25, -0.2) is 89.0 Å². The summed E-state index contributed by atoms with van der Waals surface area (Å²) in [5, 5.41) is 64.2. The summed E-state index contributed by atoms with van der Waals surface area (Å²) < 4.78 is 19.8. The molecule has 4 aromatic carbocycles. The molecule has 141 heavy (non-hydrogen) atoms. The number of aliphatic hydroxyl groups is 4. The van der Waals surface area contributed by atoms with E-state index in [0.717, 1.165) is 177 Å². The van der Waals surface area contributed by atoms with Gasteiger partial charge in [-0.05, 0) is 213 Å². The van der Waals surface area contributed by atoms with Gasteiger partial charge in [0, 0.05) is 190 Å². The maximum Gasteiger partial charge on any atom is 0.321 e. The smallest absolute Gasteiger partial charge is 0.321 e. The first-order chi connectivity index (χ1) is 68.1. The number of urea groups is 4. The number of likely N-dealkylation sites (tertiary alicyclic amines) is 2. The second kappa shape index (κ2) is 43.4. The molecule has 0 radical (unpaired) electrons. The molecule has 16 heterocycles. The van der Waals surface area contributed by atoms with Gasteiger partial charge in [-0.1, -0.05) is 51.4 Å². The van der Waals surface area contributed by atoms with Crippen LogP contribution in [0, 0.1) is 5.41 Å². The number of ether oxygens (including phenoxy) is 3. The maximum atomic E-state index is 12.2. The Morgan fingerprint density at radius 1 is 0.440 bits per heavy atom. The lowest BCUT2D eigenvalue weighted by molar-refractivity contribution is -0.189. The fraction of sp³-hybridized carbons (Fsp3) is 0.323. The number of piperidine rings is 1. The first-order valence-electron chi connectivity index (χ1n) is 45.9. The van der Waals surface area contributed by atoms with E-state index >= 15 is 0 Å². The monoisotopic (exact) mass is 1980 g/mol. The van der Waals surface area contributed by atoms with Crippen molar-refractivity contribution in [3.8, 4) is 89.7 Å². The van der Waals surface area contributed by atoms with Gasteiger partial charge in [0.2, 0.25) is 0 Å². The van der Waals surface area contributed by atoms with Crippen LogP contribution in [0.2, 0.25) is 0 Å². The van der Waals surface area contributed by atoms with Crippen LogP contribution in [0.4, 0.5) is 39.7 Å². The van der Waals surface area contributed by atoms with Crippen LogP contribution in [0.25, 0.3) is 131 Å². The van der Waals surface area contributed by atoms with Crippen LogP contribution < -0.4 is 42.5 Å². The SMILES string of the molecule is CCNC(=O)Nc1nc2cc(-c3cnc(C(C)(C)O)nc3)cc(-c3cc(CN4CC(C)(OC)C4)ccn3)c2s1.CCNC(=O)Nc1nc2cc(-c3cnc(C(C)O)nc3)cc(-c3cc(CN4CCC5(CC4)COC5)ccn3)c2s1.CCNC(=O)Nc1nc2cc(-c3cnc(C(C)O)nc3)cc(-c3ncccn3)c2s1.CCNC(=O)Nc1nc2cc(-c3cnc(C4(O)COC4)nc3)cc(-c3ccccn3)c2s1. The molecule has 2 unspecified atom stereocenters. The lowest BCUT2D eigenvalue weighted by Gasteiger charge is -2.47. The Labute approximate surface area is 826 Å². The van der Waals surface area contributed by atoms with Gasteiger partial charge >= 0.3 is 24.1 Å². The second-order valence-electron chi connectivity index (χ2n) is 35.1. The Hall–Kier alpha value is -14.0. The molecular formula is C99H105N27O11S4. The number of pyridine rings is 3. The van der Waals surface area contributed by atoms with E-state index in [1.54, 1.807) is 109 Å². The zero-order chi connectivity index (χ0) is 98.7. The lowest BCUT2D eigenvalue weighted by atomic mass is 9.77. The topological polar surface area (TPSA) is 499 Å². The first kappa shape index (κ1) is 98.6. The second-order valence-corrected chi connectivity index (χ2v) is 39.1. The van der Waals surface area contributed by atoms with Crippen LogP contribution in [-0.4, -0.2) is 231 Å². The van der Waals surface area contributed by atoms with Gasteiger partial charge in [0.25, 0.3) is 0 Å². The van der Waals surface area contributed by atoms with E-state index < -0.39 is 23.4 Å². The number of aliphatic hydroxyl groups excluding tert-OH is 2. The summed E-state index contributed by atoms with van der Waals surface area (Å²) >= 11 is 5.58. The normalized spacial score (nSPS) is 15.0. The number of fused-ring (bicyclic) bond motifs is 4. The van der Waals surface area contributed by atoms with Crippen LogP contribution in [0.15, 0.2) is 178 Å². The number of anilines is 4. The van der Waals surface area contributed by atoms with E-state index in [4.69, 9.17) is 34.1 Å². The minimum atomic E-state index is -1.14. The summed E-state index contributed by atoms with van der Waals surface area (Å²) in [5.41, 5.74) is 15.9. The molecule has 0 saturated carbocycles. The van der Waals surface area contributed by atoms with E-state index in [-0.39, 0.29) is 42.9 Å². The van der Waals surface area contributed by atoms with Crippen LogP contribution >= 0.6 is 45.3 Å². The molecular weight excluding hydrogens is 1870 g/mol. The number of aromatic nitrogens is 17. The van der Waals surface area contributed by atoms with Gasteiger partial charge in [-0.2, -0.15) is 0 Å². The van der Waals surface area contributed by atoms with E-state index in [2.05, 4.69) is 154 Å². The Balaban J connectivity index is 0.000000130. The fourth-order valence-corrected chi connectivity index (χ4v) is 20.1. The van der Waals surface area contributed by atoms with E-state index in [0.29, 0.717) is 86.8 Å². The van der Waals surface area contributed by atoms with Crippen LogP contribution in [0.5, 0.6) is 0 Å². The van der Waals surface area contributed by atoms with Gasteiger partial charge in [0.15, 0.2) is 55.2 Å². The largest absolute Gasteiger partial charge is 0.385 e. The average Bonchev–Trinajstić information content (AvgIpc) is 1.68. The highest BCUT2D eigenvalue weighted by atomic mass is 32.1. The van der Waals surface area contributed by atoms with Crippen LogP contribution in [0.3, 0.4) is 0 Å². The molecule has 16 aromatic rings. The number of carbonyl (C=O) groups excluding carboxylic acids is 4. The van der Waals surface area contributed by atoms with Crippen LogP contribution in [-0.2, 0) is 38.5 Å². The van der Waals surface area contributed by atoms with Crippen molar-refractivity contribution in [2.75, 3.05) is 107 Å². The predicted octanol–water partition coefficient (Wildman–Crippen LogP) is 15.6. The number of nitrogens with zero attached hydrogens (tertiary/aromatic N) is 19. The van der Waals surface area contributed by atoms with Gasteiger partial charge in [-0.15, -0.1) is 0 Å². The third kappa shape index (κ3) is 23.5. The Morgan fingerprint density at radius 2 is 0.801 bits per heavy atom. The summed E-state index contributed by atoms with van der Waals surface area (Å²) in [5.74, 6) is 1.97.